The van der Waals surface area contributed by atoms with Crippen LogP contribution in [-0.2, 0) is 13.0 Å². The van der Waals surface area contributed by atoms with Crippen molar-refractivity contribution in [1.82, 2.24) is 20.1 Å². The minimum atomic E-state index is -0.0527. The van der Waals surface area contributed by atoms with Gasteiger partial charge in [-0.2, -0.15) is 0 Å². The number of H-pyrrole nitrogens is 1. The molecule has 4 rings (SSSR count). The van der Waals surface area contributed by atoms with Crippen molar-refractivity contribution in [1.29, 1.82) is 0 Å². The molecular formula is C30H40N4O3S. The number of benzene rings is 2. The lowest BCUT2D eigenvalue weighted by molar-refractivity contribution is 0.219. The number of likely N-dealkylation sites (N-methyl/N-ethyl adjacent to an activating group) is 1. The van der Waals surface area contributed by atoms with Gasteiger partial charge >= 0.3 is 0 Å². The van der Waals surface area contributed by atoms with Crippen LogP contribution in [0.3, 0.4) is 0 Å². The first-order valence-corrected chi connectivity index (χ1v) is 13.8. The number of rotatable bonds is 10. The van der Waals surface area contributed by atoms with Gasteiger partial charge in [-0.15, -0.1) is 0 Å². The molecule has 0 aliphatic carbocycles. The molecule has 204 valence electrons. The minimum Gasteiger partial charge on any atom is -0.493 e. The maximum absolute atomic E-state index is 13.1. The predicted octanol–water partition coefficient (Wildman–Crippen LogP) is 4.57. The van der Waals surface area contributed by atoms with Gasteiger partial charge in [-0.1, -0.05) is 25.1 Å². The van der Waals surface area contributed by atoms with Crippen molar-refractivity contribution in [2.45, 2.75) is 52.6 Å². The van der Waals surface area contributed by atoms with Gasteiger partial charge < -0.3 is 24.7 Å². The van der Waals surface area contributed by atoms with E-state index in [1.165, 1.54) is 12.0 Å². The van der Waals surface area contributed by atoms with Gasteiger partial charge in [0.2, 0.25) is 0 Å². The molecule has 1 aromatic heterocycles. The maximum atomic E-state index is 13.1. The summed E-state index contributed by atoms with van der Waals surface area (Å²) in [6.45, 7) is 10.4. The Morgan fingerprint density at radius 1 is 1.16 bits per heavy atom. The Labute approximate surface area is 231 Å². The second-order valence-corrected chi connectivity index (χ2v) is 10.5. The maximum Gasteiger partial charge on any atom is 0.253 e. The van der Waals surface area contributed by atoms with E-state index in [4.69, 9.17) is 21.7 Å². The van der Waals surface area contributed by atoms with Gasteiger partial charge in [0.1, 0.15) is 0 Å². The Morgan fingerprint density at radius 3 is 2.68 bits per heavy atom. The highest BCUT2D eigenvalue weighted by molar-refractivity contribution is 7.80. The van der Waals surface area contributed by atoms with Crippen LogP contribution < -0.4 is 20.3 Å². The van der Waals surface area contributed by atoms with E-state index in [1.54, 1.807) is 14.2 Å². The van der Waals surface area contributed by atoms with Crippen LogP contribution in [0.15, 0.2) is 41.2 Å². The van der Waals surface area contributed by atoms with Crippen LogP contribution in [0.2, 0.25) is 0 Å². The number of likely N-dealkylation sites (tertiary alicyclic amines) is 1. The van der Waals surface area contributed by atoms with Crippen molar-refractivity contribution >= 4 is 28.2 Å². The highest BCUT2D eigenvalue weighted by atomic mass is 32.1. The summed E-state index contributed by atoms with van der Waals surface area (Å²) >= 11 is 5.90. The number of nitrogens with zero attached hydrogens (tertiary/aromatic N) is 2. The molecule has 0 bridgehead atoms. The molecule has 3 aromatic rings. The molecule has 2 heterocycles. The lowest BCUT2D eigenvalue weighted by atomic mass is 10.0. The zero-order valence-electron chi connectivity index (χ0n) is 23.2. The predicted molar refractivity (Wildman–Crippen MR) is 159 cm³/mol. The number of aromatic nitrogens is 1. The average Bonchev–Trinajstić information content (AvgIpc) is 3.38. The number of hydrogen-bond acceptors (Lipinski definition) is 5. The Bertz CT molecular complexity index is 1340. The lowest BCUT2D eigenvalue weighted by Crippen LogP contribution is -2.47. The number of ether oxygens (including phenoxy) is 2. The third-order valence-electron chi connectivity index (χ3n) is 7.75. The minimum absolute atomic E-state index is 0.0527. The third kappa shape index (κ3) is 6.30. The summed E-state index contributed by atoms with van der Waals surface area (Å²) in [6, 6.07) is 12.6. The molecule has 1 aliphatic heterocycles. The third-order valence-corrected chi connectivity index (χ3v) is 8.15. The molecule has 0 unspecified atom stereocenters. The average molecular weight is 537 g/mol. The van der Waals surface area contributed by atoms with E-state index in [2.05, 4.69) is 53.0 Å². The number of nitrogens with one attached hydrogen (secondary N) is 2. The largest absolute Gasteiger partial charge is 0.493 e. The summed E-state index contributed by atoms with van der Waals surface area (Å²) in [6.07, 6.45) is 3.13. The van der Waals surface area contributed by atoms with Crippen LogP contribution in [0, 0.1) is 13.8 Å². The van der Waals surface area contributed by atoms with Crippen molar-refractivity contribution in [2.24, 2.45) is 0 Å². The number of thiocarbonyl (C=S) groups is 1. The van der Waals surface area contributed by atoms with Crippen LogP contribution in [0.25, 0.3) is 10.9 Å². The van der Waals surface area contributed by atoms with E-state index in [9.17, 15) is 4.79 Å². The Kier molecular flexibility index (Phi) is 9.28. The van der Waals surface area contributed by atoms with Gasteiger partial charge in [0, 0.05) is 24.7 Å². The number of aryl methyl sites for hydroxylation is 2. The molecule has 0 spiro atoms. The topological polar surface area (TPSA) is 69.8 Å². The fraction of sp³-hybridized carbons (Fsp3) is 0.467. The number of methoxy groups -OCH3 is 2. The lowest BCUT2D eigenvalue weighted by Gasteiger charge is -2.32. The monoisotopic (exact) mass is 536 g/mol. The quantitative estimate of drug-likeness (QED) is 0.368. The Morgan fingerprint density at radius 2 is 1.95 bits per heavy atom. The van der Waals surface area contributed by atoms with E-state index in [1.807, 2.05) is 24.3 Å². The Hall–Kier alpha value is -3.10. The van der Waals surface area contributed by atoms with E-state index < -0.39 is 0 Å². The smallest absolute Gasteiger partial charge is 0.253 e. The Balaban J connectivity index is 1.51. The fourth-order valence-electron chi connectivity index (χ4n) is 5.35. The zero-order chi connectivity index (χ0) is 27.2. The van der Waals surface area contributed by atoms with Crippen LogP contribution >= 0.6 is 12.2 Å². The van der Waals surface area contributed by atoms with Crippen LogP contribution in [-0.4, -0.2) is 66.3 Å². The number of pyridine rings is 1. The molecule has 0 saturated carbocycles. The van der Waals surface area contributed by atoms with E-state index in [0.29, 0.717) is 30.0 Å². The first kappa shape index (κ1) is 27.9. The van der Waals surface area contributed by atoms with Gasteiger partial charge in [-0.05, 0) is 98.7 Å². The molecule has 1 aliphatic rings. The van der Waals surface area contributed by atoms with E-state index in [-0.39, 0.29) is 5.56 Å². The summed E-state index contributed by atoms with van der Waals surface area (Å²) in [5.41, 5.74) is 5.00. The highest BCUT2D eigenvalue weighted by Gasteiger charge is 2.26. The summed E-state index contributed by atoms with van der Waals surface area (Å²) in [4.78, 5) is 21.0. The summed E-state index contributed by atoms with van der Waals surface area (Å²) in [7, 11) is 3.28. The van der Waals surface area contributed by atoms with Crippen LogP contribution in [0.1, 0.15) is 42.0 Å². The summed E-state index contributed by atoms with van der Waals surface area (Å²) < 4.78 is 10.8. The summed E-state index contributed by atoms with van der Waals surface area (Å²) in [5, 5.41) is 5.17. The molecule has 8 heteroatoms. The van der Waals surface area contributed by atoms with Crippen molar-refractivity contribution < 1.29 is 9.47 Å². The second kappa shape index (κ2) is 12.6. The van der Waals surface area contributed by atoms with Crippen molar-refractivity contribution in [3.63, 3.8) is 0 Å². The van der Waals surface area contributed by atoms with Gasteiger partial charge in [0.15, 0.2) is 16.6 Å². The van der Waals surface area contributed by atoms with Crippen LogP contribution in [0.4, 0.5) is 0 Å². The number of aromatic amines is 1. The van der Waals surface area contributed by atoms with Crippen molar-refractivity contribution in [2.75, 3.05) is 40.4 Å². The van der Waals surface area contributed by atoms with Crippen molar-refractivity contribution in [3.05, 3.63) is 69.0 Å². The van der Waals surface area contributed by atoms with Crippen LogP contribution in [0.5, 0.6) is 11.5 Å². The fourth-order valence-corrected chi connectivity index (χ4v) is 5.59. The molecule has 1 fully saturated rings. The normalized spacial score (nSPS) is 15.6. The molecule has 0 amide bonds. The van der Waals surface area contributed by atoms with E-state index in [0.717, 1.165) is 65.8 Å². The molecule has 1 saturated heterocycles. The van der Waals surface area contributed by atoms with Gasteiger partial charge in [0.05, 0.1) is 26.3 Å². The first-order valence-electron chi connectivity index (χ1n) is 13.4. The number of fused-ring (bicyclic) bond motifs is 1. The molecule has 0 radical (unpaired) electrons. The second-order valence-electron chi connectivity index (χ2n) is 10.1. The molecule has 2 N–H and O–H groups in total. The molecule has 38 heavy (non-hydrogen) atoms. The molecule has 2 aromatic carbocycles. The molecule has 7 nitrogen and oxygen atoms in total. The van der Waals surface area contributed by atoms with Gasteiger partial charge in [-0.3, -0.25) is 9.69 Å². The number of hydrogen-bond donors (Lipinski definition) is 2. The SMILES string of the molecule is CCN1CCC[C@@H]1CN(Cc1cc2ccc(C)c(C)c2[nH]c1=O)C(=S)NCCc1ccc(OC)c(OC)c1. The first-order chi connectivity index (χ1) is 18.3. The highest BCUT2D eigenvalue weighted by Crippen LogP contribution is 2.27. The van der Waals surface area contributed by atoms with Gasteiger partial charge in [-0.25, -0.2) is 0 Å². The molecule has 1 atom stereocenters. The van der Waals surface area contributed by atoms with Crippen molar-refractivity contribution in [3.8, 4) is 11.5 Å². The van der Waals surface area contributed by atoms with E-state index >= 15 is 0 Å². The zero-order valence-corrected chi connectivity index (χ0v) is 24.0. The molecular weight excluding hydrogens is 496 g/mol. The summed E-state index contributed by atoms with van der Waals surface area (Å²) in [5.74, 6) is 1.44. The van der Waals surface area contributed by atoms with Gasteiger partial charge in [0.25, 0.3) is 5.56 Å². The standard InChI is InChI=1S/C30H40N4O3S/c1-6-33-15-7-8-25(33)19-34(18-24-17-23-11-9-20(2)21(3)28(23)32-29(24)35)30(38)31-14-13-22-10-12-26(36-4)27(16-22)37-5/h9-12,16-17,25H,6-8,13-15,18-19H2,1-5H3,(H,31,38)(H,32,35)/t25-/m1/s1.